The summed E-state index contributed by atoms with van der Waals surface area (Å²) in [6.45, 7) is 3.17. The first-order valence-corrected chi connectivity index (χ1v) is 3.57. The maximum Gasteiger partial charge on any atom is 0.304 e. The van der Waals surface area contributed by atoms with Gasteiger partial charge in [-0.1, -0.05) is 0 Å². The van der Waals surface area contributed by atoms with Crippen LogP contribution in [0.25, 0.3) is 0 Å². The smallest absolute Gasteiger partial charge is 0.304 e. The normalized spacial score (nSPS) is 9.50. The molecule has 0 atom stereocenters. The van der Waals surface area contributed by atoms with E-state index in [0.717, 1.165) is 5.56 Å². The molecule has 0 aromatic carbocycles. The van der Waals surface area contributed by atoms with E-state index in [1.165, 1.54) is 13.1 Å². The number of nitrogens with one attached hydrogen (secondary N) is 1. The Balaban J connectivity index is 2.93. The molecule has 1 aromatic rings. The van der Waals surface area contributed by atoms with Crippen LogP contribution in [0.4, 0.5) is 5.82 Å². The molecular formula is C8H10N2O2. The molecule has 0 aliphatic carbocycles. The maximum atomic E-state index is 11.1. The van der Waals surface area contributed by atoms with Crippen molar-refractivity contribution in [2.45, 2.75) is 13.8 Å². The van der Waals surface area contributed by atoms with Gasteiger partial charge in [0.1, 0.15) is 0 Å². The Bertz CT molecular complexity index is 310. The van der Waals surface area contributed by atoms with Crippen LogP contribution in [0, 0.1) is 12.1 Å². The SMILES string of the molecule is CC(=O)Nc1ccc(C)c[n+]1[O-]. The van der Waals surface area contributed by atoms with Crippen molar-refractivity contribution in [3.8, 4) is 0 Å². The summed E-state index contributed by atoms with van der Waals surface area (Å²) in [7, 11) is 0. The number of rotatable bonds is 1. The summed E-state index contributed by atoms with van der Waals surface area (Å²) in [4.78, 5) is 10.6. The van der Waals surface area contributed by atoms with Crippen LogP contribution in [-0.4, -0.2) is 5.91 Å². The Kier molecular flexibility index (Phi) is 2.28. The van der Waals surface area contributed by atoms with Gasteiger partial charge in [0.05, 0.1) is 6.20 Å². The van der Waals surface area contributed by atoms with Crippen LogP contribution < -0.4 is 10.0 Å². The van der Waals surface area contributed by atoms with E-state index in [-0.39, 0.29) is 11.7 Å². The van der Waals surface area contributed by atoms with Crippen molar-refractivity contribution in [1.82, 2.24) is 0 Å². The summed E-state index contributed by atoms with van der Waals surface area (Å²) >= 11 is 0. The van der Waals surface area contributed by atoms with Crippen LogP contribution in [-0.2, 0) is 4.79 Å². The van der Waals surface area contributed by atoms with Gasteiger partial charge in [0.15, 0.2) is 0 Å². The van der Waals surface area contributed by atoms with E-state index in [9.17, 15) is 10.0 Å². The Morgan fingerprint density at radius 3 is 2.75 bits per heavy atom. The first kappa shape index (κ1) is 8.52. The number of aryl methyl sites for hydroxylation is 1. The van der Waals surface area contributed by atoms with Crippen molar-refractivity contribution in [3.63, 3.8) is 0 Å². The molecule has 1 aromatic heterocycles. The monoisotopic (exact) mass is 166 g/mol. The first-order valence-electron chi connectivity index (χ1n) is 3.57. The fraction of sp³-hybridized carbons (Fsp3) is 0.250. The fourth-order valence-electron chi connectivity index (χ4n) is 0.858. The van der Waals surface area contributed by atoms with E-state index in [1.54, 1.807) is 12.1 Å². The third-order valence-corrected chi connectivity index (χ3v) is 1.37. The minimum atomic E-state index is -0.247. The lowest BCUT2D eigenvalue weighted by molar-refractivity contribution is -0.590. The summed E-state index contributed by atoms with van der Waals surface area (Å²) in [5.74, 6) is 0.0107. The van der Waals surface area contributed by atoms with Gasteiger partial charge in [-0.15, -0.1) is 0 Å². The van der Waals surface area contributed by atoms with Gasteiger partial charge < -0.3 is 5.21 Å². The summed E-state index contributed by atoms with van der Waals surface area (Å²) in [6.07, 6.45) is 1.41. The zero-order chi connectivity index (χ0) is 9.14. The van der Waals surface area contributed by atoms with Gasteiger partial charge in [-0.25, -0.2) is 14.8 Å². The highest BCUT2D eigenvalue weighted by Crippen LogP contribution is 2.00. The highest BCUT2D eigenvalue weighted by atomic mass is 16.5. The van der Waals surface area contributed by atoms with Crippen molar-refractivity contribution in [2.75, 3.05) is 5.32 Å². The minimum Gasteiger partial charge on any atom is -0.711 e. The van der Waals surface area contributed by atoms with Crippen LogP contribution in [0.15, 0.2) is 18.3 Å². The van der Waals surface area contributed by atoms with E-state index in [4.69, 9.17) is 0 Å². The van der Waals surface area contributed by atoms with E-state index < -0.39 is 0 Å². The van der Waals surface area contributed by atoms with E-state index in [2.05, 4.69) is 5.32 Å². The molecule has 1 rings (SSSR count). The molecule has 0 aliphatic rings. The van der Waals surface area contributed by atoms with Gasteiger partial charge in [0.2, 0.25) is 0 Å². The van der Waals surface area contributed by atoms with Crippen LogP contribution in [0.5, 0.6) is 0 Å². The van der Waals surface area contributed by atoms with Crippen molar-refractivity contribution in [3.05, 3.63) is 29.1 Å². The molecule has 4 nitrogen and oxygen atoms in total. The number of carbonyl (C=O) groups excluding carboxylic acids is 1. The van der Waals surface area contributed by atoms with Crippen molar-refractivity contribution in [1.29, 1.82) is 0 Å². The Morgan fingerprint density at radius 2 is 2.25 bits per heavy atom. The van der Waals surface area contributed by atoms with E-state index in [0.29, 0.717) is 4.73 Å². The molecule has 0 fully saturated rings. The van der Waals surface area contributed by atoms with Gasteiger partial charge in [-0.2, -0.15) is 0 Å². The zero-order valence-corrected chi connectivity index (χ0v) is 7.00. The molecule has 0 saturated carbocycles. The molecule has 1 amide bonds. The summed E-state index contributed by atoms with van der Waals surface area (Å²) in [5.41, 5.74) is 0.860. The molecule has 1 N–H and O–H groups in total. The second kappa shape index (κ2) is 3.21. The van der Waals surface area contributed by atoms with Crippen molar-refractivity contribution >= 4 is 11.7 Å². The number of aromatic nitrogens is 1. The first-order chi connectivity index (χ1) is 5.59. The molecule has 0 spiro atoms. The van der Waals surface area contributed by atoms with Crippen molar-refractivity contribution in [2.24, 2.45) is 0 Å². The molecule has 4 heteroatoms. The Labute approximate surface area is 70.4 Å². The quantitative estimate of drug-likeness (QED) is 0.490. The van der Waals surface area contributed by atoms with E-state index >= 15 is 0 Å². The lowest BCUT2D eigenvalue weighted by Gasteiger charge is -2.06. The number of carbonyl (C=O) groups is 1. The number of nitrogens with zero attached hydrogens (tertiary/aromatic N) is 1. The second-order valence-corrected chi connectivity index (χ2v) is 2.60. The fourth-order valence-corrected chi connectivity index (χ4v) is 0.858. The van der Waals surface area contributed by atoms with Crippen LogP contribution in [0.1, 0.15) is 12.5 Å². The molecular weight excluding hydrogens is 156 g/mol. The number of amides is 1. The number of hydrogen-bond acceptors (Lipinski definition) is 2. The molecule has 1 heterocycles. The average molecular weight is 166 g/mol. The molecule has 64 valence electrons. The lowest BCUT2D eigenvalue weighted by atomic mass is 10.3. The summed E-state index contributed by atoms with van der Waals surface area (Å²) < 4.78 is 0.636. The van der Waals surface area contributed by atoms with Gasteiger partial charge in [-0.3, -0.25) is 0 Å². The predicted molar refractivity (Wildman–Crippen MR) is 44.4 cm³/mol. The van der Waals surface area contributed by atoms with E-state index in [1.807, 2.05) is 6.92 Å². The third kappa shape index (κ3) is 1.95. The van der Waals surface area contributed by atoms with Gasteiger partial charge in [0.25, 0.3) is 5.82 Å². The highest BCUT2D eigenvalue weighted by Gasteiger charge is 2.05. The summed E-state index contributed by atoms with van der Waals surface area (Å²) in [6, 6.07) is 3.34. The predicted octanol–water partition coefficient (Wildman–Crippen LogP) is 0.587. The highest BCUT2D eigenvalue weighted by molar-refractivity contribution is 5.86. The summed E-state index contributed by atoms with van der Waals surface area (Å²) in [5, 5.41) is 13.5. The second-order valence-electron chi connectivity index (χ2n) is 2.60. The average Bonchev–Trinajstić information content (AvgIpc) is 1.94. The molecule has 0 aliphatic heterocycles. The van der Waals surface area contributed by atoms with Gasteiger partial charge in [-0.05, 0) is 18.6 Å². The zero-order valence-electron chi connectivity index (χ0n) is 7.00. The van der Waals surface area contributed by atoms with Gasteiger partial charge >= 0.3 is 5.91 Å². The number of pyridine rings is 1. The van der Waals surface area contributed by atoms with Crippen LogP contribution in [0.3, 0.4) is 0 Å². The van der Waals surface area contributed by atoms with Crippen LogP contribution in [0.2, 0.25) is 0 Å². The third-order valence-electron chi connectivity index (χ3n) is 1.37. The lowest BCUT2D eigenvalue weighted by Crippen LogP contribution is -2.31. The minimum absolute atomic E-state index is 0.247. The molecule has 0 saturated heterocycles. The van der Waals surface area contributed by atoms with Gasteiger partial charge in [0, 0.05) is 13.0 Å². The Morgan fingerprint density at radius 1 is 1.58 bits per heavy atom. The number of anilines is 1. The topological polar surface area (TPSA) is 56.0 Å². The Hall–Kier alpha value is -1.58. The molecule has 0 unspecified atom stereocenters. The molecule has 12 heavy (non-hydrogen) atoms. The largest absolute Gasteiger partial charge is 0.711 e. The molecule has 0 radical (unpaired) electrons. The maximum absolute atomic E-state index is 11.1. The molecule has 0 bridgehead atoms. The number of hydrogen-bond donors (Lipinski definition) is 1. The van der Waals surface area contributed by atoms with Crippen LogP contribution >= 0.6 is 0 Å². The standard InChI is InChI=1S/C8H10N2O2/c1-6-3-4-8(9-7(2)11)10(12)5-6/h3-5H,1-2H3,(H,9,11). The van der Waals surface area contributed by atoms with Crippen molar-refractivity contribution < 1.29 is 9.52 Å².